The molecule has 1 rings (SSSR count). The van der Waals surface area contributed by atoms with Crippen molar-refractivity contribution in [2.24, 2.45) is 0 Å². The predicted octanol–water partition coefficient (Wildman–Crippen LogP) is 2.06. The summed E-state index contributed by atoms with van der Waals surface area (Å²) < 4.78 is 0. The molecule has 0 bridgehead atoms. The highest BCUT2D eigenvalue weighted by Crippen LogP contribution is 2.01. The number of pyridine rings is 1. The number of halogens is 1. The van der Waals surface area contributed by atoms with Gasteiger partial charge in [0.25, 0.3) is 0 Å². The molecule has 1 aromatic rings. The van der Waals surface area contributed by atoms with Gasteiger partial charge >= 0.3 is 0 Å². The Hall–Kier alpha value is -0.600. The van der Waals surface area contributed by atoms with E-state index in [-0.39, 0.29) is 0 Å². The van der Waals surface area contributed by atoms with Crippen molar-refractivity contribution < 1.29 is 0 Å². The summed E-state index contributed by atoms with van der Waals surface area (Å²) in [6, 6.07) is 6.08. The molecule has 1 aromatic heterocycles. The summed E-state index contributed by atoms with van der Waals surface area (Å²) in [5, 5.41) is 0. The number of alkyl halides is 1. The van der Waals surface area contributed by atoms with Crippen molar-refractivity contribution in [3.63, 3.8) is 0 Å². The van der Waals surface area contributed by atoms with E-state index in [9.17, 15) is 0 Å². The minimum absolute atomic E-state index is 0.669. The number of aromatic nitrogens is 1. The topological polar surface area (TPSA) is 16.1 Å². The van der Waals surface area contributed by atoms with Gasteiger partial charge in [0.15, 0.2) is 0 Å². The summed E-state index contributed by atoms with van der Waals surface area (Å²) in [5.74, 6) is 0.669. The molecule has 0 fully saturated rings. The molecule has 3 heteroatoms. The first kappa shape index (κ1) is 10.5. The zero-order valence-corrected chi connectivity index (χ0v) is 8.88. The standard InChI is InChI=1S/C10H15ClN2/c1-9-4-3-5-10(12-9)8-13(2)7-6-11/h3-5H,6-8H2,1-2H3. The molecule has 0 saturated heterocycles. The molecule has 0 atom stereocenters. The first-order valence-corrected chi connectivity index (χ1v) is 4.93. The molecule has 0 saturated carbocycles. The Balaban J connectivity index is 2.53. The number of rotatable bonds is 4. The van der Waals surface area contributed by atoms with Crippen molar-refractivity contribution in [2.45, 2.75) is 13.5 Å². The lowest BCUT2D eigenvalue weighted by Crippen LogP contribution is -2.20. The number of hydrogen-bond donors (Lipinski definition) is 0. The van der Waals surface area contributed by atoms with E-state index in [1.54, 1.807) is 0 Å². The monoisotopic (exact) mass is 198 g/mol. The average Bonchev–Trinajstić information content (AvgIpc) is 2.04. The van der Waals surface area contributed by atoms with Gasteiger partial charge in [0, 0.05) is 24.7 Å². The van der Waals surface area contributed by atoms with Crippen LogP contribution in [0.1, 0.15) is 11.4 Å². The summed E-state index contributed by atoms with van der Waals surface area (Å²) in [6.07, 6.45) is 0. The molecule has 1 heterocycles. The fourth-order valence-electron chi connectivity index (χ4n) is 1.19. The number of hydrogen-bond acceptors (Lipinski definition) is 2. The molecular formula is C10H15ClN2. The molecule has 0 spiro atoms. The van der Waals surface area contributed by atoms with Gasteiger partial charge in [-0.05, 0) is 26.1 Å². The van der Waals surface area contributed by atoms with Crippen LogP contribution in [-0.2, 0) is 6.54 Å². The zero-order valence-electron chi connectivity index (χ0n) is 8.13. The lowest BCUT2D eigenvalue weighted by molar-refractivity contribution is 0.343. The highest BCUT2D eigenvalue weighted by Gasteiger charge is 1.99. The fourth-order valence-corrected chi connectivity index (χ4v) is 1.48. The van der Waals surface area contributed by atoms with Crippen molar-refractivity contribution in [1.82, 2.24) is 9.88 Å². The molecule has 0 aliphatic carbocycles. The van der Waals surface area contributed by atoms with Crippen LogP contribution in [0.15, 0.2) is 18.2 Å². The molecular weight excluding hydrogens is 184 g/mol. The van der Waals surface area contributed by atoms with Gasteiger partial charge in [-0.2, -0.15) is 0 Å². The Morgan fingerprint density at radius 3 is 2.85 bits per heavy atom. The molecule has 0 aliphatic rings. The van der Waals surface area contributed by atoms with Crippen molar-refractivity contribution in [2.75, 3.05) is 19.5 Å². The second-order valence-electron chi connectivity index (χ2n) is 3.20. The summed E-state index contributed by atoms with van der Waals surface area (Å²) >= 11 is 5.63. The first-order valence-electron chi connectivity index (χ1n) is 4.39. The van der Waals surface area contributed by atoms with Crippen LogP contribution >= 0.6 is 11.6 Å². The van der Waals surface area contributed by atoms with E-state index < -0.39 is 0 Å². The predicted molar refractivity (Wildman–Crippen MR) is 56.0 cm³/mol. The van der Waals surface area contributed by atoms with Crippen LogP contribution in [0.3, 0.4) is 0 Å². The molecule has 13 heavy (non-hydrogen) atoms. The van der Waals surface area contributed by atoms with Crippen molar-refractivity contribution in [1.29, 1.82) is 0 Å². The molecule has 0 aromatic carbocycles. The maximum Gasteiger partial charge on any atom is 0.0547 e. The van der Waals surface area contributed by atoms with Crippen LogP contribution < -0.4 is 0 Å². The Morgan fingerprint density at radius 2 is 2.23 bits per heavy atom. The minimum Gasteiger partial charge on any atom is -0.299 e. The maximum absolute atomic E-state index is 5.63. The van der Waals surface area contributed by atoms with Gasteiger partial charge in [0.1, 0.15) is 0 Å². The van der Waals surface area contributed by atoms with Gasteiger partial charge in [0.05, 0.1) is 5.69 Å². The Kier molecular flexibility index (Phi) is 4.19. The van der Waals surface area contributed by atoms with Crippen molar-refractivity contribution in [3.05, 3.63) is 29.6 Å². The van der Waals surface area contributed by atoms with E-state index in [4.69, 9.17) is 11.6 Å². The number of nitrogens with zero attached hydrogens (tertiary/aromatic N) is 2. The quantitative estimate of drug-likeness (QED) is 0.689. The normalized spacial score (nSPS) is 10.8. The third-order valence-corrected chi connectivity index (χ3v) is 2.01. The lowest BCUT2D eigenvalue weighted by Gasteiger charge is -2.14. The molecule has 0 aliphatic heterocycles. The molecule has 0 N–H and O–H groups in total. The van der Waals surface area contributed by atoms with E-state index in [2.05, 4.69) is 9.88 Å². The Bertz CT molecular complexity index is 263. The summed E-state index contributed by atoms with van der Waals surface area (Å²) in [6.45, 7) is 3.77. The lowest BCUT2D eigenvalue weighted by atomic mass is 10.3. The van der Waals surface area contributed by atoms with E-state index in [1.807, 2.05) is 32.2 Å². The van der Waals surface area contributed by atoms with Gasteiger partial charge in [-0.1, -0.05) is 6.07 Å². The van der Waals surface area contributed by atoms with Gasteiger partial charge in [-0.15, -0.1) is 11.6 Å². The van der Waals surface area contributed by atoms with Crippen LogP contribution in [-0.4, -0.2) is 29.4 Å². The smallest absolute Gasteiger partial charge is 0.0547 e. The van der Waals surface area contributed by atoms with E-state index in [0.29, 0.717) is 5.88 Å². The SMILES string of the molecule is Cc1cccc(CN(C)CCCl)n1. The van der Waals surface area contributed by atoms with Crippen LogP contribution in [0.5, 0.6) is 0 Å². The van der Waals surface area contributed by atoms with Crippen LogP contribution in [0, 0.1) is 6.92 Å². The molecule has 72 valence electrons. The summed E-state index contributed by atoms with van der Waals surface area (Å²) in [7, 11) is 2.05. The van der Waals surface area contributed by atoms with Gasteiger partial charge < -0.3 is 0 Å². The van der Waals surface area contributed by atoms with Crippen LogP contribution in [0.25, 0.3) is 0 Å². The Labute approximate surface area is 84.5 Å². The molecule has 2 nitrogen and oxygen atoms in total. The van der Waals surface area contributed by atoms with Crippen molar-refractivity contribution >= 4 is 11.6 Å². The summed E-state index contributed by atoms with van der Waals surface area (Å²) in [4.78, 5) is 6.57. The van der Waals surface area contributed by atoms with Gasteiger partial charge in [-0.25, -0.2) is 0 Å². The van der Waals surface area contributed by atoms with E-state index in [1.165, 1.54) is 0 Å². The molecule has 0 amide bonds. The second kappa shape index (κ2) is 5.20. The zero-order chi connectivity index (χ0) is 9.68. The van der Waals surface area contributed by atoms with Crippen LogP contribution in [0.4, 0.5) is 0 Å². The summed E-state index contributed by atoms with van der Waals surface area (Å²) in [5.41, 5.74) is 2.17. The minimum atomic E-state index is 0.669. The van der Waals surface area contributed by atoms with Crippen molar-refractivity contribution in [3.8, 4) is 0 Å². The highest BCUT2D eigenvalue weighted by molar-refractivity contribution is 6.18. The van der Waals surface area contributed by atoms with Crippen LogP contribution in [0.2, 0.25) is 0 Å². The third-order valence-electron chi connectivity index (χ3n) is 1.84. The van der Waals surface area contributed by atoms with E-state index in [0.717, 1.165) is 24.5 Å². The van der Waals surface area contributed by atoms with Gasteiger partial charge in [0.2, 0.25) is 0 Å². The fraction of sp³-hybridized carbons (Fsp3) is 0.500. The molecule has 0 radical (unpaired) electrons. The maximum atomic E-state index is 5.63. The first-order chi connectivity index (χ1) is 6.22. The Morgan fingerprint density at radius 1 is 1.46 bits per heavy atom. The average molecular weight is 199 g/mol. The highest BCUT2D eigenvalue weighted by atomic mass is 35.5. The molecule has 0 unspecified atom stereocenters. The third kappa shape index (κ3) is 3.75. The van der Waals surface area contributed by atoms with Gasteiger partial charge in [-0.3, -0.25) is 9.88 Å². The largest absolute Gasteiger partial charge is 0.299 e. The van der Waals surface area contributed by atoms with E-state index >= 15 is 0 Å². The second-order valence-corrected chi connectivity index (χ2v) is 3.58. The number of aryl methyl sites for hydroxylation is 1.